The fourth-order valence-corrected chi connectivity index (χ4v) is 3.59. The molecule has 1 fully saturated rings. The highest BCUT2D eigenvalue weighted by Crippen LogP contribution is 2.31. The first-order valence-corrected chi connectivity index (χ1v) is 7.64. The molecule has 0 radical (unpaired) electrons. The first-order valence-electron chi connectivity index (χ1n) is 7.64. The Morgan fingerprint density at radius 3 is 2.15 bits per heavy atom. The van der Waals surface area contributed by atoms with E-state index < -0.39 is 0 Å². The van der Waals surface area contributed by atoms with Crippen LogP contribution in [0.1, 0.15) is 38.8 Å². The van der Waals surface area contributed by atoms with E-state index in [1.165, 1.54) is 12.0 Å². The summed E-state index contributed by atoms with van der Waals surface area (Å²) < 4.78 is 5.24. The van der Waals surface area contributed by atoms with Crippen molar-refractivity contribution in [3.05, 3.63) is 29.8 Å². The van der Waals surface area contributed by atoms with Gasteiger partial charge in [-0.25, -0.2) is 0 Å². The van der Waals surface area contributed by atoms with Gasteiger partial charge in [0.05, 0.1) is 7.11 Å². The maximum atomic E-state index is 6.29. The van der Waals surface area contributed by atoms with Gasteiger partial charge in [-0.05, 0) is 42.9 Å². The van der Waals surface area contributed by atoms with Crippen molar-refractivity contribution >= 4 is 0 Å². The SMILES string of the molecule is COc1ccc(C(C(C)N)N2CC(C)CC(C)C2)cc1. The highest BCUT2D eigenvalue weighted by Gasteiger charge is 2.30. The third-order valence-corrected chi connectivity index (χ3v) is 4.25. The van der Waals surface area contributed by atoms with Crippen LogP contribution in [0, 0.1) is 11.8 Å². The Morgan fingerprint density at radius 2 is 1.70 bits per heavy atom. The first-order chi connectivity index (χ1) is 9.51. The standard InChI is InChI=1S/C17H28N2O/c1-12-9-13(2)11-19(10-12)17(14(3)18)15-5-7-16(20-4)8-6-15/h5-8,12-14,17H,9-11,18H2,1-4H3. The minimum Gasteiger partial charge on any atom is -0.497 e. The zero-order chi connectivity index (χ0) is 14.7. The predicted octanol–water partition coefficient (Wildman–Crippen LogP) is 3.06. The van der Waals surface area contributed by atoms with E-state index in [1.54, 1.807) is 7.11 Å². The molecule has 1 aromatic carbocycles. The lowest BCUT2D eigenvalue weighted by Gasteiger charge is -2.42. The number of hydrogen-bond acceptors (Lipinski definition) is 3. The summed E-state index contributed by atoms with van der Waals surface area (Å²) in [5, 5.41) is 0. The normalized spacial score (nSPS) is 27.1. The molecule has 4 atom stereocenters. The third-order valence-electron chi connectivity index (χ3n) is 4.25. The lowest BCUT2D eigenvalue weighted by atomic mass is 9.88. The van der Waals surface area contributed by atoms with Crippen molar-refractivity contribution in [3.8, 4) is 5.75 Å². The number of benzene rings is 1. The Kier molecular flexibility index (Phi) is 5.06. The molecule has 0 aromatic heterocycles. The van der Waals surface area contributed by atoms with E-state index in [2.05, 4.69) is 37.8 Å². The quantitative estimate of drug-likeness (QED) is 0.918. The Labute approximate surface area is 123 Å². The number of methoxy groups -OCH3 is 1. The molecule has 20 heavy (non-hydrogen) atoms. The van der Waals surface area contributed by atoms with Crippen LogP contribution in [0.25, 0.3) is 0 Å². The van der Waals surface area contributed by atoms with E-state index in [0.717, 1.165) is 30.7 Å². The molecule has 1 aliphatic rings. The molecule has 0 aliphatic carbocycles. The molecule has 1 aliphatic heterocycles. The minimum atomic E-state index is 0.126. The molecule has 4 unspecified atom stereocenters. The second kappa shape index (κ2) is 6.59. The Bertz CT molecular complexity index is 406. The fourth-order valence-electron chi connectivity index (χ4n) is 3.59. The van der Waals surface area contributed by atoms with Gasteiger partial charge < -0.3 is 10.5 Å². The number of nitrogens with two attached hydrogens (primary N) is 1. The van der Waals surface area contributed by atoms with Crippen LogP contribution in [0.15, 0.2) is 24.3 Å². The van der Waals surface area contributed by atoms with Gasteiger partial charge in [0, 0.05) is 25.2 Å². The summed E-state index contributed by atoms with van der Waals surface area (Å²) in [6.07, 6.45) is 1.32. The van der Waals surface area contributed by atoms with Crippen LogP contribution < -0.4 is 10.5 Å². The molecule has 0 bridgehead atoms. The average molecular weight is 276 g/mol. The summed E-state index contributed by atoms with van der Waals surface area (Å²) in [6, 6.07) is 8.78. The fraction of sp³-hybridized carbons (Fsp3) is 0.647. The summed E-state index contributed by atoms with van der Waals surface area (Å²) in [5.41, 5.74) is 7.58. The summed E-state index contributed by atoms with van der Waals surface area (Å²) in [6.45, 7) is 9.08. The summed E-state index contributed by atoms with van der Waals surface area (Å²) in [5.74, 6) is 2.40. The molecule has 3 heteroatoms. The molecular weight excluding hydrogens is 248 g/mol. The van der Waals surface area contributed by atoms with Crippen molar-refractivity contribution in [1.82, 2.24) is 4.90 Å². The van der Waals surface area contributed by atoms with Gasteiger partial charge in [0.15, 0.2) is 0 Å². The number of nitrogens with zero attached hydrogens (tertiary/aromatic N) is 1. The molecule has 1 saturated heterocycles. The average Bonchev–Trinajstić information content (AvgIpc) is 2.38. The summed E-state index contributed by atoms with van der Waals surface area (Å²) in [4.78, 5) is 2.56. The predicted molar refractivity (Wildman–Crippen MR) is 83.9 cm³/mol. The van der Waals surface area contributed by atoms with Crippen LogP contribution in [0.2, 0.25) is 0 Å². The smallest absolute Gasteiger partial charge is 0.118 e. The summed E-state index contributed by atoms with van der Waals surface area (Å²) >= 11 is 0. The maximum Gasteiger partial charge on any atom is 0.118 e. The second-order valence-electron chi connectivity index (χ2n) is 6.48. The number of rotatable bonds is 4. The van der Waals surface area contributed by atoms with E-state index in [9.17, 15) is 0 Å². The number of ether oxygens (including phenoxy) is 1. The number of likely N-dealkylation sites (tertiary alicyclic amines) is 1. The first kappa shape index (κ1) is 15.3. The topological polar surface area (TPSA) is 38.5 Å². The van der Waals surface area contributed by atoms with Crippen molar-refractivity contribution in [2.45, 2.75) is 39.3 Å². The van der Waals surface area contributed by atoms with Gasteiger partial charge >= 0.3 is 0 Å². The van der Waals surface area contributed by atoms with Gasteiger partial charge in [-0.1, -0.05) is 26.0 Å². The van der Waals surface area contributed by atoms with E-state index in [0.29, 0.717) is 6.04 Å². The van der Waals surface area contributed by atoms with Crippen LogP contribution in [0.5, 0.6) is 5.75 Å². The van der Waals surface area contributed by atoms with Crippen molar-refractivity contribution in [3.63, 3.8) is 0 Å². The van der Waals surface area contributed by atoms with Crippen molar-refractivity contribution in [2.24, 2.45) is 17.6 Å². The molecule has 0 spiro atoms. The molecular formula is C17H28N2O. The Hall–Kier alpha value is -1.06. The Balaban J connectivity index is 2.21. The number of hydrogen-bond donors (Lipinski definition) is 1. The third kappa shape index (κ3) is 3.53. The van der Waals surface area contributed by atoms with Crippen LogP contribution in [-0.2, 0) is 0 Å². The Morgan fingerprint density at radius 1 is 1.15 bits per heavy atom. The van der Waals surface area contributed by atoms with Crippen LogP contribution >= 0.6 is 0 Å². The zero-order valence-electron chi connectivity index (χ0n) is 13.2. The van der Waals surface area contributed by atoms with Gasteiger partial charge in [-0.15, -0.1) is 0 Å². The van der Waals surface area contributed by atoms with Crippen molar-refractivity contribution < 1.29 is 4.74 Å². The van der Waals surface area contributed by atoms with E-state index in [4.69, 9.17) is 10.5 Å². The monoisotopic (exact) mass is 276 g/mol. The lowest BCUT2D eigenvalue weighted by molar-refractivity contribution is 0.0847. The maximum absolute atomic E-state index is 6.29. The van der Waals surface area contributed by atoms with Crippen LogP contribution in [-0.4, -0.2) is 31.1 Å². The molecule has 3 nitrogen and oxygen atoms in total. The van der Waals surface area contributed by atoms with Crippen molar-refractivity contribution in [2.75, 3.05) is 20.2 Å². The highest BCUT2D eigenvalue weighted by molar-refractivity contribution is 5.30. The van der Waals surface area contributed by atoms with Gasteiger partial charge in [0.1, 0.15) is 5.75 Å². The molecule has 2 N–H and O–H groups in total. The minimum absolute atomic E-state index is 0.126. The zero-order valence-corrected chi connectivity index (χ0v) is 13.2. The molecule has 1 aromatic rings. The molecule has 2 rings (SSSR count). The number of piperidine rings is 1. The van der Waals surface area contributed by atoms with E-state index in [1.807, 2.05) is 12.1 Å². The molecule has 0 amide bonds. The molecule has 0 saturated carbocycles. The van der Waals surface area contributed by atoms with Crippen LogP contribution in [0.3, 0.4) is 0 Å². The second-order valence-corrected chi connectivity index (χ2v) is 6.48. The van der Waals surface area contributed by atoms with Crippen molar-refractivity contribution in [1.29, 1.82) is 0 Å². The van der Waals surface area contributed by atoms with Gasteiger partial charge in [-0.3, -0.25) is 4.90 Å². The van der Waals surface area contributed by atoms with Gasteiger partial charge in [0.25, 0.3) is 0 Å². The largest absolute Gasteiger partial charge is 0.497 e. The van der Waals surface area contributed by atoms with Gasteiger partial charge in [-0.2, -0.15) is 0 Å². The van der Waals surface area contributed by atoms with E-state index in [-0.39, 0.29) is 6.04 Å². The molecule has 112 valence electrons. The summed E-state index contributed by atoms with van der Waals surface area (Å²) in [7, 11) is 1.70. The highest BCUT2D eigenvalue weighted by atomic mass is 16.5. The molecule has 1 heterocycles. The lowest BCUT2D eigenvalue weighted by Crippen LogP contribution is -2.46. The van der Waals surface area contributed by atoms with E-state index >= 15 is 0 Å². The van der Waals surface area contributed by atoms with Gasteiger partial charge in [0.2, 0.25) is 0 Å². The van der Waals surface area contributed by atoms with Crippen LogP contribution in [0.4, 0.5) is 0 Å².